The van der Waals surface area contributed by atoms with Gasteiger partial charge in [0.1, 0.15) is 18.1 Å². The Balaban J connectivity index is 1.53. The zero-order valence-corrected chi connectivity index (χ0v) is 20.3. The van der Waals surface area contributed by atoms with E-state index < -0.39 is 18.4 Å². The summed E-state index contributed by atoms with van der Waals surface area (Å²) in [5.41, 5.74) is 1.47. The lowest BCUT2D eigenvalue weighted by molar-refractivity contribution is -0.615. The van der Waals surface area contributed by atoms with Crippen LogP contribution in [-0.4, -0.2) is 58.7 Å². The molecule has 0 spiro atoms. The van der Waals surface area contributed by atoms with Gasteiger partial charge in [-0.05, 0) is 28.6 Å². The van der Waals surface area contributed by atoms with E-state index in [-0.39, 0.29) is 44.6 Å². The molecule has 4 aromatic heterocycles. The summed E-state index contributed by atoms with van der Waals surface area (Å²) in [6.07, 6.45) is 7.06. The summed E-state index contributed by atoms with van der Waals surface area (Å²) in [5.74, 6) is -0.739. The quantitative estimate of drug-likeness (QED) is 0.204. The summed E-state index contributed by atoms with van der Waals surface area (Å²) in [6, 6.07) is 5.42. The highest BCUT2D eigenvalue weighted by molar-refractivity contribution is 6.31. The summed E-state index contributed by atoms with van der Waals surface area (Å²) < 4.78 is 49.5. The minimum absolute atomic E-state index is 0.0397. The number of pyridine rings is 1. The Bertz CT molecular complexity index is 1560. The van der Waals surface area contributed by atoms with Gasteiger partial charge in [-0.1, -0.05) is 11.6 Å². The fourth-order valence-electron chi connectivity index (χ4n) is 3.96. The molecule has 4 heterocycles. The predicted octanol–water partition coefficient (Wildman–Crippen LogP) is 3.23. The summed E-state index contributed by atoms with van der Waals surface area (Å²) in [4.78, 5) is 0.290. The first-order valence-corrected chi connectivity index (χ1v) is 11.4. The molecule has 0 unspecified atom stereocenters. The number of rotatable bonds is 9. The fraction of sp³-hybridized carbons (Fsp3) is 0.227. The van der Waals surface area contributed by atoms with Crippen molar-refractivity contribution in [3.8, 4) is 28.1 Å². The molecule has 38 heavy (non-hydrogen) atoms. The van der Waals surface area contributed by atoms with E-state index in [1.807, 2.05) is 0 Å². The molecular formula is C22H18ClF3N10O2. The van der Waals surface area contributed by atoms with Crippen molar-refractivity contribution in [2.45, 2.75) is 19.0 Å². The van der Waals surface area contributed by atoms with Crippen LogP contribution in [-0.2, 0) is 4.74 Å². The summed E-state index contributed by atoms with van der Waals surface area (Å²) >= 11 is 6.03. The van der Waals surface area contributed by atoms with Crippen molar-refractivity contribution in [1.82, 2.24) is 45.0 Å². The third-order valence-corrected chi connectivity index (χ3v) is 6.03. The van der Waals surface area contributed by atoms with Crippen molar-refractivity contribution in [3.05, 3.63) is 77.1 Å². The van der Waals surface area contributed by atoms with Gasteiger partial charge in [0.05, 0.1) is 34.2 Å². The Morgan fingerprint density at radius 3 is 2.66 bits per heavy atom. The number of nitrogens with zero attached hydrogens (tertiary/aromatic N) is 10. The second-order valence-corrected chi connectivity index (χ2v) is 8.42. The van der Waals surface area contributed by atoms with E-state index in [0.717, 1.165) is 0 Å². The van der Waals surface area contributed by atoms with Crippen LogP contribution in [0.25, 0.3) is 28.1 Å². The Labute approximate surface area is 217 Å². The molecule has 0 radical (unpaired) electrons. The molecule has 0 aliphatic carbocycles. The molecule has 0 N–H and O–H groups in total. The van der Waals surface area contributed by atoms with E-state index in [1.165, 1.54) is 53.5 Å². The first kappa shape index (κ1) is 25.3. The molecule has 0 aliphatic rings. The number of benzene rings is 1. The van der Waals surface area contributed by atoms with Crippen LogP contribution in [0.4, 0.5) is 13.2 Å². The Hall–Kier alpha value is -4.37. The monoisotopic (exact) mass is 546 g/mol. The van der Waals surface area contributed by atoms with E-state index in [4.69, 9.17) is 16.3 Å². The van der Waals surface area contributed by atoms with E-state index in [9.17, 15) is 14.0 Å². The minimum atomic E-state index is -2.88. The van der Waals surface area contributed by atoms with Crippen molar-refractivity contribution in [1.29, 1.82) is 0 Å². The predicted molar refractivity (Wildman–Crippen MR) is 126 cm³/mol. The topological polar surface area (TPSA) is 128 Å². The van der Waals surface area contributed by atoms with Gasteiger partial charge in [0, 0.05) is 38.0 Å². The molecule has 196 valence electrons. The Kier molecular flexibility index (Phi) is 7.02. The van der Waals surface area contributed by atoms with Crippen LogP contribution in [0.5, 0.6) is 0 Å². The van der Waals surface area contributed by atoms with Crippen LogP contribution >= 0.6 is 11.6 Å². The summed E-state index contributed by atoms with van der Waals surface area (Å²) in [7, 11) is 1.52. The molecule has 5 rings (SSSR count). The van der Waals surface area contributed by atoms with Gasteiger partial charge in [-0.2, -0.15) is 28.4 Å². The first-order chi connectivity index (χ1) is 18.4. The Morgan fingerprint density at radius 2 is 1.97 bits per heavy atom. The van der Waals surface area contributed by atoms with Crippen LogP contribution in [0.15, 0.2) is 55.4 Å². The number of tetrazole rings is 1. The normalized spacial score (nSPS) is 12.4. The lowest BCUT2D eigenvalue weighted by atomic mass is 10.0. The maximum atomic E-state index is 15.2. The van der Waals surface area contributed by atoms with Crippen LogP contribution in [0.2, 0.25) is 5.02 Å². The molecule has 0 saturated heterocycles. The van der Waals surface area contributed by atoms with Gasteiger partial charge in [-0.3, -0.25) is 4.68 Å². The fourth-order valence-corrected chi connectivity index (χ4v) is 4.12. The molecule has 0 fully saturated rings. The molecule has 0 aliphatic heterocycles. The zero-order valence-electron chi connectivity index (χ0n) is 19.6. The maximum absolute atomic E-state index is 15.2. The SMILES string of the molecule is COCC[C@H](c1ccc(-c2c(-n3cnnn3)ccc(Cl)c2F)c[n+]1[O-])n1cc(-c2cnn(C(F)F)n2)cn1. The number of hydrogen-bond acceptors (Lipinski definition) is 8. The third kappa shape index (κ3) is 4.80. The highest BCUT2D eigenvalue weighted by Gasteiger charge is 2.26. The lowest BCUT2D eigenvalue weighted by Crippen LogP contribution is -2.36. The molecule has 16 heteroatoms. The number of methoxy groups -OCH3 is 1. The van der Waals surface area contributed by atoms with Crippen molar-refractivity contribution >= 4 is 11.6 Å². The van der Waals surface area contributed by atoms with E-state index in [2.05, 4.69) is 30.8 Å². The number of halogens is 4. The van der Waals surface area contributed by atoms with Gasteiger partial charge < -0.3 is 9.94 Å². The van der Waals surface area contributed by atoms with Gasteiger partial charge >= 0.3 is 6.55 Å². The molecular weight excluding hydrogens is 529 g/mol. The van der Waals surface area contributed by atoms with Gasteiger partial charge in [0.2, 0.25) is 5.69 Å². The molecule has 1 atom stereocenters. The third-order valence-electron chi connectivity index (χ3n) is 5.74. The first-order valence-electron chi connectivity index (χ1n) is 11.1. The van der Waals surface area contributed by atoms with E-state index >= 15 is 4.39 Å². The highest BCUT2D eigenvalue weighted by Crippen LogP contribution is 2.33. The molecule has 5 aromatic rings. The highest BCUT2D eigenvalue weighted by atomic mass is 35.5. The van der Waals surface area contributed by atoms with Crippen LogP contribution in [0.3, 0.4) is 0 Å². The van der Waals surface area contributed by atoms with Crippen LogP contribution in [0.1, 0.15) is 24.7 Å². The molecule has 12 nitrogen and oxygen atoms in total. The number of ether oxygens (including phenoxy) is 1. The van der Waals surface area contributed by atoms with Crippen molar-refractivity contribution < 1.29 is 22.6 Å². The smallest absolute Gasteiger partial charge is 0.348 e. The average Bonchev–Trinajstić information content (AvgIpc) is 3.68. The summed E-state index contributed by atoms with van der Waals surface area (Å²) in [5, 5.41) is 35.7. The summed E-state index contributed by atoms with van der Waals surface area (Å²) in [6.45, 7) is -2.59. The number of alkyl halides is 2. The number of aromatic nitrogens is 10. The average molecular weight is 547 g/mol. The van der Waals surface area contributed by atoms with E-state index in [1.54, 1.807) is 18.3 Å². The van der Waals surface area contributed by atoms with Gasteiger partial charge in [-0.15, -0.1) is 15.0 Å². The van der Waals surface area contributed by atoms with Crippen molar-refractivity contribution in [3.63, 3.8) is 0 Å². The molecule has 0 amide bonds. The van der Waals surface area contributed by atoms with Crippen LogP contribution < -0.4 is 4.73 Å². The molecule has 0 bridgehead atoms. The molecule has 1 aromatic carbocycles. The second kappa shape index (κ2) is 10.5. The standard InChI is InChI=1S/C22H18ClF3N10O2/c1-38-7-6-17(33-10-14(8-28-33)16-9-29-36(30-16)22(25)26)18-4-2-13(11-35(18)37)20-19(34-12-27-31-32-34)5-3-15(23)21(20)24/h2-5,8-12,17,22H,6-7H2,1H3/t17-/m1/s1. The number of hydrogen-bond donors (Lipinski definition) is 0. The van der Waals surface area contributed by atoms with Crippen molar-refractivity contribution in [2.24, 2.45) is 0 Å². The zero-order chi connectivity index (χ0) is 26.8. The van der Waals surface area contributed by atoms with Gasteiger partial charge in [0.15, 0.2) is 12.0 Å². The minimum Gasteiger partial charge on any atom is -0.618 e. The molecule has 0 saturated carbocycles. The van der Waals surface area contributed by atoms with E-state index in [0.29, 0.717) is 16.7 Å². The largest absolute Gasteiger partial charge is 0.618 e. The van der Waals surface area contributed by atoms with Gasteiger partial charge in [0.25, 0.3) is 0 Å². The van der Waals surface area contributed by atoms with Crippen molar-refractivity contribution in [2.75, 3.05) is 13.7 Å². The van der Waals surface area contributed by atoms with Crippen LogP contribution in [0, 0.1) is 11.0 Å². The lowest BCUT2D eigenvalue weighted by Gasteiger charge is -2.18. The maximum Gasteiger partial charge on any atom is 0.348 e. The second-order valence-electron chi connectivity index (χ2n) is 8.01. The van der Waals surface area contributed by atoms with Gasteiger partial charge in [-0.25, -0.2) is 4.39 Å². The Morgan fingerprint density at radius 1 is 1.13 bits per heavy atom.